The highest BCUT2D eigenvalue weighted by Gasteiger charge is 2.30. The standard InChI is InChI=1S/C15H16F3N3O/c1-9-6-21-8-19-14(5-15(21)20(9)2)22-7-10-3-12(17)13(18)4-11(10)16/h3-5,9H,6-8H2,1-2H3/t9-/m0/s1. The Hall–Kier alpha value is -2.18. The predicted molar refractivity (Wildman–Crippen MR) is 75.4 cm³/mol. The maximum absolute atomic E-state index is 13.6. The van der Waals surface area contributed by atoms with Gasteiger partial charge in [-0.25, -0.2) is 18.2 Å². The molecule has 1 fully saturated rings. The van der Waals surface area contributed by atoms with Crippen molar-refractivity contribution in [3.8, 4) is 0 Å². The third-order valence-electron chi connectivity index (χ3n) is 3.95. The molecule has 22 heavy (non-hydrogen) atoms. The average molecular weight is 311 g/mol. The van der Waals surface area contributed by atoms with Gasteiger partial charge in [-0.3, -0.25) is 0 Å². The highest BCUT2D eigenvalue weighted by molar-refractivity contribution is 5.88. The van der Waals surface area contributed by atoms with Gasteiger partial charge in [0.05, 0.1) is 0 Å². The van der Waals surface area contributed by atoms with E-state index in [1.807, 2.05) is 7.05 Å². The third kappa shape index (κ3) is 2.63. The van der Waals surface area contributed by atoms with Gasteiger partial charge in [-0.1, -0.05) is 0 Å². The Bertz CT molecular complexity index is 656. The zero-order valence-corrected chi connectivity index (χ0v) is 12.3. The Morgan fingerprint density at radius 3 is 2.73 bits per heavy atom. The number of ether oxygens (including phenoxy) is 1. The fraction of sp³-hybridized carbons (Fsp3) is 0.400. The minimum absolute atomic E-state index is 0.0458. The number of fused-ring (bicyclic) bond motifs is 1. The normalized spacial score (nSPS) is 20.7. The van der Waals surface area contributed by atoms with Crippen molar-refractivity contribution in [3.63, 3.8) is 0 Å². The monoisotopic (exact) mass is 311 g/mol. The second-order valence-electron chi connectivity index (χ2n) is 5.47. The van der Waals surface area contributed by atoms with Crippen molar-refractivity contribution in [1.29, 1.82) is 0 Å². The third-order valence-corrected chi connectivity index (χ3v) is 3.95. The molecule has 1 aromatic carbocycles. The number of aliphatic imine (C=N–C) groups is 1. The molecule has 1 atom stereocenters. The second kappa shape index (κ2) is 5.55. The fourth-order valence-electron chi connectivity index (χ4n) is 2.53. The Morgan fingerprint density at radius 1 is 1.23 bits per heavy atom. The molecule has 0 unspecified atom stereocenters. The van der Waals surface area contributed by atoms with Gasteiger partial charge >= 0.3 is 0 Å². The van der Waals surface area contributed by atoms with Gasteiger partial charge in [-0.05, 0) is 13.0 Å². The SMILES string of the molecule is C[C@H]1CN2CN=C(OCc3cc(F)c(F)cc3F)C=C2N1C. The first-order valence-electron chi connectivity index (χ1n) is 6.96. The number of rotatable bonds is 2. The molecule has 0 amide bonds. The molecule has 3 rings (SSSR count). The van der Waals surface area contributed by atoms with E-state index in [9.17, 15) is 13.2 Å². The van der Waals surface area contributed by atoms with E-state index in [2.05, 4.69) is 21.7 Å². The van der Waals surface area contributed by atoms with E-state index in [-0.39, 0.29) is 12.2 Å². The van der Waals surface area contributed by atoms with Crippen LogP contribution in [0.4, 0.5) is 13.2 Å². The van der Waals surface area contributed by atoms with Crippen molar-refractivity contribution in [3.05, 3.63) is 47.0 Å². The Labute approximate surface area is 126 Å². The highest BCUT2D eigenvalue weighted by atomic mass is 19.2. The van der Waals surface area contributed by atoms with Crippen molar-refractivity contribution in [1.82, 2.24) is 9.80 Å². The predicted octanol–water partition coefficient (Wildman–Crippen LogP) is 2.47. The van der Waals surface area contributed by atoms with Crippen molar-refractivity contribution in [2.24, 2.45) is 4.99 Å². The summed E-state index contributed by atoms with van der Waals surface area (Å²) in [5, 5.41) is 0. The van der Waals surface area contributed by atoms with Crippen LogP contribution in [0.2, 0.25) is 0 Å². The number of nitrogens with zero attached hydrogens (tertiary/aromatic N) is 3. The van der Waals surface area contributed by atoms with Gasteiger partial charge in [0.25, 0.3) is 0 Å². The van der Waals surface area contributed by atoms with E-state index in [1.54, 1.807) is 6.08 Å². The van der Waals surface area contributed by atoms with E-state index < -0.39 is 17.5 Å². The lowest BCUT2D eigenvalue weighted by Crippen LogP contribution is -2.27. The van der Waals surface area contributed by atoms with E-state index in [0.717, 1.165) is 18.4 Å². The van der Waals surface area contributed by atoms with Crippen LogP contribution in [0.15, 0.2) is 29.0 Å². The van der Waals surface area contributed by atoms with Gasteiger partial charge in [0.1, 0.15) is 24.9 Å². The molecule has 0 bridgehead atoms. The maximum atomic E-state index is 13.6. The zero-order valence-electron chi connectivity index (χ0n) is 12.3. The molecule has 2 aliphatic rings. The van der Waals surface area contributed by atoms with E-state index in [4.69, 9.17) is 4.74 Å². The molecule has 1 saturated heterocycles. The molecule has 0 aliphatic carbocycles. The lowest BCUT2D eigenvalue weighted by Gasteiger charge is -2.24. The summed E-state index contributed by atoms with van der Waals surface area (Å²) in [6, 6.07) is 1.70. The lowest BCUT2D eigenvalue weighted by molar-refractivity contribution is 0.273. The molecule has 0 saturated carbocycles. The summed E-state index contributed by atoms with van der Waals surface area (Å²) < 4.78 is 45.0. The Balaban J connectivity index is 1.70. The van der Waals surface area contributed by atoms with Crippen LogP contribution < -0.4 is 0 Å². The molecule has 118 valence electrons. The van der Waals surface area contributed by atoms with Crippen LogP contribution in [0.25, 0.3) is 0 Å². The van der Waals surface area contributed by atoms with E-state index >= 15 is 0 Å². The van der Waals surface area contributed by atoms with Crippen LogP contribution in [0.5, 0.6) is 0 Å². The number of hydrogen-bond acceptors (Lipinski definition) is 4. The summed E-state index contributed by atoms with van der Waals surface area (Å²) >= 11 is 0. The lowest BCUT2D eigenvalue weighted by atomic mass is 10.2. The van der Waals surface area contributed by atoms with Gasteiger partial charge in [0.2, 0.25) is 5.90 Å². The molecule has 0 N–H and O–H groups in total. The van der Waals surface area contributed by atoms with Crippen LogP contribution in [0.3, 0.4) is 0 Å². The average Bonchev–Trinajstić information content (AvgIpc) is 2.77. The molecule has 7 heteroatoms. The van der Waals surface area contributed by atoms with Crippen LogP contribution in [0, 0.1) is 17.5 Å². The number of likely N-dealkylation sites (N-methyl/N-ethyl adjacent to an activating group) is 1. The first-order valence-corrected chi connectivity index (χ1v) is 6.96. The molecule has 0 aromatic heterocycles. The minimum atomic E-state index is -1.21. The van der Waals surface area contributed by atoms with Gasteiger partial charge < -0.3 is 14.5 Å². The summed E-state index contributed by atoms with van der Waals surface area (Å²) in [5.74, 6) is -1.80. The van der Waals surface area contributed by atoms with Gasteiger partial charge in [-0.2, -0.15) is 0 Å². The Morgan fingerprint density at radius 2 is 1.95 bits per heavy atom. The van der Waals surface area contributed by atoms with Crippen LogP contribution >= 0.6 is 0 Å². The first kappa shape index (κ1) is 14.7. The first-order chi connectivity index (χ1) is 10.5. The minimum Gasteiger partial charge on any atom is -0.473 e. The zero-order chi connectivity index (χ0) is 15.9. The molecule has 2 aliphatic heterocycles. The van der Waals surface area contributed by atoms with Crippen molar-refractivity contribution >= 4 is 5.90 Å². The molecule has 0 radical (unpaired) electrons. The number of halogens is 3. The summed E-state index contributed by atoms with van der Waals surface area (Å²) in [6.07, 6.45) is 1.77. The topological polar surface area (TPSA) is 28.1 Å². The van der Waals surface area contributed by atoms with Gasteiger partial charge in [0, 0.05) is 37.3 Å². The van der Waals surface area contributed by atoms with Crippen molar-refractivity contribution < 1.29 is 17.9 Å². The van der Waals surface area contributed by atoms with E-state index in [1.165, 1.54) is 0 Å². The summed E-state index contributed by atoms with van der Waals surface area (Å²) in [6.45, 7) is 3.26. The highest BCUT2D eigenvalue weighted by Crippen LogP contribution is 2.24. The quantitative estimate of drug-likeness (QED) is 0.786. The molecular weight excluding hydrogens is 295 g/mol. The van der Waals surface area contributed by atoms with E-state index in [0.29, 0.717) is 24.7 Å². The summed E-state index contributed by atoms with van der Waals surface area (Å²) in [7, 11) is 1.98. The van der Waals surface area contributed by atoms with Gasteiger partial charge in [0.15, 0.2) is 11.6 Å². The summed E-state index contributed by atoms with van der Waals surface area (Å²) in [5.41, 5.74) is -0.0458. The van der Waals surface area contributed by atoms with Crippen LogP contribution in [-0.2, 0) is 11.3 Å². The van der Waals surface area contributed by atoms with Crippen molar-refractivity contribution in [2.75, 3.05) is 20.3 Å². The maximum Gasteiger partial charge on any atom is 0.214 e. The fourth-order valence-corrected chi connectivity index (χ4v) is 2.53. The largest absolute Gasteiger partial charge is 0.473 e. The number of hydrogen-bond donors (Lipinski definition) is 0. The van der Waals surface area contributed by atoms with Crippen LogP contribution in [0.1, 0.15) is 12.5 Å². The molecular formula is C15H16F3N3O. The molecule has 4 nitrogen and oxygen atoms in total. The summed E-state index contributed by atoms with van der Waals surface area (Å²) in [4.78, 5) is 8.47. The second-order valence-corrected chi connectivity index (χ2v) is 5.47. The molecule has 1 aromatic rings. The Kier molecular flexibility index (Phi) is 3.72. The molecule has 0 spiro atoms. The van der Waals surface area contributed by atoms with Crippen LogP contribution in [-0.4, -0.2) is 42.0 Å². The van der Waals surface area contributed by atoms with Gasteiger partial charge in [-0.15, -0.1) is 0 Å². The smallest absolute Gasteiger partial charge is 0.214 e. The molecule has 2 heterocycles. The number of benzene rings is 1. The van der Waals surface area contributed by atoms with Crippen molar-refractivity contribution in [2.45, 2.75) is 19.6 Å².